The topological polar surface area (TPSA) is 163 Å². The van der Waals surface area contributed by atoms with Crippen molar-refractivity contribution in [3.8, 4) is 23.3 Å². The highest BCUT2D eigenvalue weighted by molar-refractivity contribution is 5.89. The minimum Gasteiger partial charge on any atom is -0.508 e. The SMILES string of the molecule is C[C@H](O)CNc1cc(CO)cc([C@@H]2C#C[C@H]3CC(=O)Oc4cc(O)c(cc43)C[C@H]3OC(=O)/C(=C\CCc4cccc(c4)C[C@H]4C(=O)CC[C@@H]5[C@H]4CCC[C@]53O)C2)c1. The molecule has 5 N–H and O–H groups in total. The summed E-state index contributed by atoms with van der Waals surface area (Å²) in [5.41, 5.74) is 4.14. The molecule has 0 aromatic heterocycles. The number of ketones is 1. The first-order chi connectivity index (χ1) is 27.5. The van der Waals surface area contributed by atoms with Gasteiger partial charge in [-0.1, -0.05) is 54.7 Å². The number of fused-ring (bicyclic) bond motifs is 7. The van der Waals surface area contributed by atoms with E-state index in [9.17, 15) is 34.8 Å². The third-order valence-corrected chi connectivity index (χ3v) is 12.9. The monoisotopic (exact) mass is 773 g/mol. The maximum atomic E-state index is 14.8. The molecule has 10 heteroatoms. The number of phenols is 1. The lowest BCUT2D eigenvalue weighted by molar-refractivity contribution is -0.191. The molecule has 0 amide bonds. The number of phenolic OH excluding ortho intramolecular Hbond substituents is 1. The van der Waals surface area contributed by atoms with Gasteiger partial charge >= 0.3 is 11.9 Å². The van der Waals surface area contributed by atoms with E-state index in [1.165, 1.54) is 6.07 Å². The van der Waals surface area contributed by atoms with Crippen molar-refractivity contribution in [3.05, 3.63) is 99.6 Å². The number of aliphatic hydroxyl groups excluding tert-OH is 2. The molecule has 0 saturated heterocycles. The molecule has 3 aliphatic heterocycles. The Kier molecular flexibility index (Phi) is 11.0. The van der Waals surface area contributed by atoms with E-state index >= 15 is 0 Å². The van der Waals surface area contributed by atoms with E-state index in [0.29, 0.717) is 72.9 Å². The second kappa shape index (κ2) is 16.1. The maximum absolute atomic E-state index is 14.8. The smallest absolute Gasteiger partial charge is 0.334 e. The molecule has 2 saturated carbocycles. The van der Waals surface area contributed by atoms with Crippen LogP contribution in [-0.2, 0) is 45.0 Å². The second-order valence-electron chi connectivity index (χ2n) is 16.8. The maximum Gasteiger partial charge on any atom is 0.334 e. The largest absolute Gasteiger partial charge is 0.508 e. The Morgan fingerprint density at radius 3 is 2.60 bits per heavy atom. The Hall–Kier alpha value is -4.95. The van der Waals surface area contributed by atoms with Gasteiger partial charge in [-0.2, -0.15) is 0 Å². The molecule has 10 nitrogen and oxygen atoms in total. The van der Waals surface area contributed by atoms with Gasteiger partial charge in [0, 0.05) is 54.1 Å². The summed E-state index contributed by atoms with van der Waals surface area (Å²) in [6.07, 6.45) is 4.67. The predicted molar refractivity (Wildman–Crippen MR) is 212 cm³/mol. The Bertz CT molecular complexity index is 2160. The summed E-state index contributed by atoms with van der Waals surface area (Å²) in [7, 11) is 0. The Labute approximate surface area is 333 Å². The van der Waals surface area contributed by atoms with Crippen molar-refractivity contribution in [2.45, 2.75) is 114 Å². The molecule has 3 aromatic rings. The molecule has 0 spiro atoms. The van der Waals surface area contributed by atoms with Crippen LogP contribution in [0.3, 0.4) is 0 Å². The van der Waals surface area contributed by atoms with E-state index < -0.39 is 41.6 Å². The van der Waals surface area contributed by atoms with Crippen molar-refractivity contribution in [3.63, 3.8) is 0 Å². The second-order valence-corrected chi connectivity index (χ2v) is 16.8. The highest BCUT2D eigenvalue weighted by Gasteiger charge is 2.55. The lowest BCUT2D eigenvalue weighted by Crippen LogP contribution is -2.59. The summed E-state index contributed by atoms with van der Waals surface area (Å²) in [4.78, 5) is 41.4. The Morgan fingerprint density at radius 2 is 1.77 bits per heavy atom. The number of rotatable bonds is 5. The van der Waals surface area contributed by atoms with Gasteiger partial charge < -0.3 is 35.2 Å². The summed E-state index contributed by atoms with van der Waals surface area (Å²) < 4.78 is 12.2. The molecule has 0 unspecified atom stereocenters. The number of esters is 2. The summed E-state index contributed by atoms with van der Waals surface area (Å²) in [5.74, 6) is 4.09. The van der Waals surface area contributed by atoms with Crippen molar-refractivity contribution in [1.29, 1.82) is 0 Å². The third kappa shape index (κ3) is 8.11. The summed E-state index contributed by atoms with van der Waals surface area (Å²) >= 11 is 0. The van der Waals surface area contributed by atoms with Crippen LogP contribution in [0.1, 0.15) is 104 Å². The molecule has 10 bridgehead atoms. The Morgan fingerprint density at radius 1 is 0.947 bits per heavy atom. The zero-order valence-electron chi connectivity index (χ0n) is 32.3. The number of hydrogen-bond acceptors (Lipinski definition) is 10. The number of ether oxygens (including phenoxy) is 2. The van der Waals surface area contributed by atoms with Crippen LogP contribution in [0.25, 0.3) is 0 Å². The summed E-state index contributed by atoms with van der Waals surface area (Å²) in [6, 6.07) is 17.0. The van der Waals surface area contributed by atoms with Crippen LogP contribution in [0.15, 0.2) is 66.2 Å². The highest BCUT2D eigenvalue weighted by atomic mass is 16.6. The number of benzene rings is 3. The van der Waals surface area contributed by atoms with Crippen LogP contribution >= 0.6 is 0 Å². The molecule has 5 aliphatic rings. The zero-order valence-corrected chi connectivity index (χ0v) is 32.3. The average Bonchev–Trinajstić information content (AvgIpc) is 3.19. The van der Waals surface area contributed by atoms with Crippen LogP contribution in [0, 0.1) is 29.6 Å². The van der Waals surface area contributed by atoms with Gasteiger partial charge in [0.2, 0.25) is 0 Å². The van der Waals surface area contributed by atoms with Gasteiger partial charge in [0.15, 0.2) is 0 Å². The number of Topliss-reactive ketones (excluding diaryl/α,β-unsaturated/α-hetero) is 1. The lowest BCUT2D eigenvalue weighted by atomic mass is 9.56. The normalized spacial score (nSPS) is 29.9. The van der Waals surface area contributed by atoms with Crippen molar-refractivity contribution >= 4 is 23.4 Å². The van der Waals surface area contributed by atoms with Gasteiger partial charge in [0.25, 0.3) is 0 Å². The van der Waals surface area contributed by atoms with E-state index in [4.69, 9.17) is 9.47 Å². The number of aryl methyl sites for hydroxylation is 1. The number of allylic oxidation sites excluding steroid dienone is 1. The standard InChI is InChI=1S/C47H51NO9/c1-27(50)25-48-36-17-30(26-49)16-34(20-36)31-10-11-32-23-45(53)56-43-24-42(52)35(21-38(32)43)22-44-47(55)14-4-9-37-39(41(51)13-12-40(37)47)18-29-7-2-5-28(15-29)6-3-8-33(19-31)46(54)57-44/h2,5,7-8,15-17,20-21,24,27,31-32,37,39-40,44,48-50,52,55H,3-4,6,9,12-14,18-19,22-23,25-26H2,1H3/b33-8-/t27-,31+,32-,37-,39+,40+,44+,47-/m0/s1. The third-order valence-electron chi connectivity index (χ3n) is 12.9. The average molecular weight is 774 g/mol. The molecular formula is C47H51NO9. The molecule has 298 valence electrons. The van der Waals surface area contributed by atoms with Crippen LogP contribution < -0.4 is 10.1 Å². The molecule has 2 aliphatic carbocycles. The number of anilines is 1. The first kappa shape index (κ1) is 38.9. The molecule has 0 radical (unpaired) electrons. The number of nitrogens with one attached hydrogen (secondary N) is 1. The van der Waals surface area contributed by atoms with Crippen LogP contribution in [0.4, 0.5) is 5.69 Å². The Balaban J connectivity index is 1.30. The lowest BCUT2D eigenvalue weighted by Gasteiger charge is -2.52. The molecule has 3 heterocycles. The fourth-order valence-electron chi connectivity index (χ4n) is 10.0. The van der Waals surface area contributed by atoms with Crippen molar-refractivity contribution in [1.82, 2.24) is 0 Å². The first-order valence-corrected chi connectivity index (χ1v) is 20.4. The van der Waals surface area contributed by atoms with Crippen LogP contribution in [0.5, 0.6) is 11.5 Å². The number of carbonyl (C=O) groups is 3. The number of aromatic hydroxyl groups is 1. The number of hydrogen-bond donors (Lipinski definition) is 5. The van der Waals surface area contributed by atoms with Crippen molar-refractivity contribution in [2.75, 3.05) is 11.9 Å². The van der Waals surface area contributed by atoms with Gasteiger partial charge in [-0.05, 0) is 110 Å². The van der Waals surface area contributed by atoms with E-state index in [0.717, 1.165) is 23.1 Å². The predicted octanol–water partition coefficient (Wildman–Crippen LogP) is 5.96. The van der Waals surface area contributed by atoms with Gasteiger partial charge in [-0.15, -0.1) is 0 Å². The van der Waals surface area contributed by atoms with Gasteiger partial charge in [-0.25, -0.2) is 4.79 Å². The van der Waals surface area contributed by atoms with Crippen molar-refractivity contribution in [2.24, 2.45) is 17.8 Å². The summed E-state index contributed by atoms with van der Waals surface area (Å²) in [5, 5.41) is 48.0. The quantitative estimate of drug-likeness (QED) is 0.119. The van der Waals surface area contributed by atoms with E-state index in [1.54, 1.807) is 19.1 Å². The zero-order chi connectivity index (χ0) is 39.8. The molecule has 8 atom stereocenters. The van der Waals surface area contributed by atoms with Gasteiger partial charge in [0.05, 0.1) is 25.0 Å². The summed E-state index contributed by atoms with van der Waals surface area (Å²) in [6.45, 7) is 1.71. The first-order valence-electron chi connectivity index (χ1n) is 20.4. The van der Waals surface area contributed by atoms with Gasteiger partial charge in [0.1, 0.15) is 29.0 Å². The molecule has 2 fully saturated rings. The molecular weight excluding hydrogens is 723 g/mol. The minimum absolute atomic E-state index is 0.00558. The highest BCUT2D eigenvalue weighted by Crippen LogP contribution is 2.51. The van der Waals surface area contributed by atoms with E-state index in [2.05, 4.69) is 35.4 Å². The molecule has 57 heavy (non-hydrogen) atoms. The minimum atomic E-state index is -1.49. The molecule has 8 rings (SSSR count). The fourth-order valence-corrected chi connectivity index (χ4v) is 10.0. The van der Waals surface area contributed by atoms with Crippen LogP contribution in [-0.4, -0.2) is 62.5 Å². The van der Waals surface area contributed by atoms with Crippen molar-refractivity contribution < 1.29 is 44.3 Å². The van der Waals surface area contributed by atoms with E-state index in [1.807, 2.05) is 24.3 Å². The number of carbonyl (C=O) groups excluding carboxylic acids is 3. The van der Waals surface area contributed by atoms with Gasteiger partial charge in [-0.3, -0.25) is 9.59 Å². The van der Waals surface area contributed by atoms with E-state index in [-0.39, 0.29) is 67.5 Å². The van der Waals surface area contributed by atoms with Crippen LogP contribution in [0.2, 0.25) is 0 Å². The fraction of sp³-hybridized carbons (Fsp3) is 0.468. The number of aliphatic hydroxyl groups is 3. The molecule has 3 aromatic carbocycles.